The summed E-state index contributed by atoms with van der Waals surface area (Å²) in [6, 6.07) is 6.46. The molecular formula is C15H24N2O. The first-order valence-electron chi connectivity index (χ1n) is 6.73. The van der Waals surface area contributed by atoms with Gasteiger partial charge >= 0.3 is 0 Å². The molecule has 1 unspecified atom stereocenters. The number of benzene rings is 1. The van der Waals surface area contributed by atoms with Crippen molar-refractivity contribution in [3.63, 3.8) is 0 Å². The third kappa shape index (κ3) is 2.38. The Bertz CT molecular complexity index is 413. The van der Waals surface area contributed by atoms with Gasteiger partial charge < -0.3 is 15.3 Å². The largest absolute Gasteiger partial charge is 0.394 e. The molecule has 0 spiro atoms. The quantitative estimate of drug-likeness (QED) is 0.857. The van der Waals surface area contributed by atoms with E-state index in [0.717, 1.165) is 25.9 Å². The summed E-state index contributed by atoms with van der Waals surface area (Å²) in [6.07, 6.45) is 2.16. The zero-order valence-electron chi connectivity index (χ0n) is 11.7. The second-order valence-electron chi connectivity index (χ2n) is 5.43. The van der Waals surface area contributed by atoms with E-state index in [1.165, 1.54) is 16.8 Å². The first-order chi connectivity index (χ1) is 8.62. The second-order valence-corrected chi connectivity index (χ2v) is 5.43. The minimum absolute atomic E-state index is 0.144. The summed E-state index contributed by atoms with van der Waals surface area (Å²) < 4.78 is 0. The molecule has 1 heterocycles. The Morgan fingerprint density at radius 1 is 1.39 bits per heavy atom. The van der Waals surface area contributed by atoms with Gasteiger partial charge in [-0.2, -0.15) is 0 Å². The van der Waals surface area contributed by atoms with E-state index in [-0.39, 0.29) is 12.1 Å². The Morgan fingerprint density at radius 2 is 2.17 bits per heavy atom. The van der Waals surface area contributed by atoms with Crippen molar-refractivity contribution in [1.82, 2.24) is 5.32 Å². The van der Waals surface area contributed by atoms with Gasteiger partial charge in [-0.3, -0.25) is 0 Å². The number of piperidine rings is 1. The summed E-state index contributed by atoms with van der Waals surface area (Å²) in [4.78, 5) is 2.40. The maximum atomic E-state index is 9.64. The van der Waals surface area contributed by atoms with Crippen molar-refractivity contribution in [2.45, 2.75) is 32.2 Å². The Hall–Kier alpha value is -1.06. The molecule has 2 N–H and O–H groups in total. The summed E-state index contributed by atoms with van der Waals surface area (Å²) in [5, 5.41) is 13.0. The molecule has 0 saturated carbocycles. The maximum Gasteiger partial charge on any atom is 0.0630 e. The van der Waals surface area contributed by atoms with E-state index in [2.05, 4.69) is 42.3 Å². The number of likely N-dealkylation sites (N-methyl/N-ethyl adjacent to an activating group) is 1. The van der Waals surface area contributed by atoms with Gasteiger partial charge in [0, 0.05) is 18.8 Å². The van der Waals surface area contributed by atoms with Crippen LogP contribution in [0.15, 0.2) is 18.2 Å². The smallest absolute Gasteiger partial charge is 0.0630 e. The fourth-order valence-electron chi connectivity index (χ4n) is 2.83. The van der Waals surface area contributed by atoms with Gasteiger partial charge in [-0.15, -0.1) is 0 Å². The highest BCUT2D eigenvalue weighted by Gasteiger charge is 2.33. The van der Waals surface area contributed by atoms with Gasteiger partial charge in [0.15, 0.2) is 0 Å². The lowest BCUT2D eigenvalue weighted by Crippen LogP contribution is -2.58. The summed E-state index contributed by atoms with van der Waals surface area (Å²) >= 11 is 0. The van der Waals surface area contributed by atoms with E-state index in [9.17, 15) is 5.11 Å². The highest BCUT2D eigenvalue weighted by atomic mass is 16.3. The molecule has 1 fully saturated rings. The van der Waals surface area contributed by atoms with Crippen LogP contribution in [0.1, 0.15) is 24.0 Å². The van der Waals surface area contributed by atoms with E-state index in [4.69, 9.17) is 0 Å². The van der Waals surface area contributed by atoms with Crippen molar-refractivity contribution in [1.29, 1.82) is 0 Å². The molecule has 3 nitrogen and oxygen atoms in total. The highest BCUT2D eigenvalue weighted by molar-refractivity contribution is 5.56. The Kier molecular flexibility index (Phi) is 3.93. The van der Waals surface area contributed by atoms with Crippen molar-refractivity contribution in [3.05, 3.63) is 29.3 Å². The lowest BCUT2D eigenvalue weighted by Gasteiger charge is -2.43. The van der Waals surface area contributed by atoms with Crippen LogP contribution in [0.3, 0.4) is 0 Å². The molecule has 1 aliphatic heterocycles. The zero-order valence-corrected chi connectivity index (χ0v) is 11.7. The van der Waals surface area contributed by atoms with Crippen molar-refractivity contribution in [2.24, 2.45) is 0 Å². The topological polar surface area (TPSA) is 35.5 Å². The fourth-order valence-corrected chi connectivity index (χ4v) is 2.83. The zero-order chi connectivity index (χ0) is 13.2. The number of hydrogen-bond acceptors (Lipinski definition) is 3. The van der Waals surface area contributed by atoms with Gasteiger partial charge in [-0.25, -0.2) is 0 Å². The van der Waals surface area contributed by atoms with E-state index in [1.54, 1.807) is 0 Å². The Labute approximate surface area is 110 Å². The van der Waals surface area contributed by atoms with Gasteiger partial charge in [-0.1, -0.05) is 12.1 Å². The number of hydrogen-bond donors (Lipinski definition) is 2. The molecule has 18 heavy (non-hydrogen) atoms. The molecule has 0 radical (unpaired) electrons. The molecule has 100 valence electrons. The number of rotatable bonds is 3. The summed E-state index contributed by atoms with van der Waals surface area (Å²) in [7, 11) is 1.95. The van der Waals surface area contributed by atoms with Crippen LogP contribution >= 0.6 is 0 Å². The molecule has 3 heteroatoms. The van der Waals surface area contributed by atoms with Crippen LogP contribution < -0.4 is 10.2 Å². The molecule has 1 aromatic rings. The maximum absolute atomic E-state index is 9.64. The fraction of sp³-hybridized carbons (Fsp3) is 0.600. The normalized spacial score (nSPS) is 24.3. The predicted octanol–water partition coefficient (Wildman–Crippen LogP) is 1.85. The van der Waals surface area contributed by atoms with Gasteiger partial charge in [0.2, 0.25) is 0 Å². The average molecular weight is 248 g/mol. The number of nitrogens with zero attached hydrogens (tertiary/aromatic N) is 1. The highest BCUT2D eigenvalue weighted by Crippen LogP contribution is 2.29. The molecular weight excluding hydrogens is 224 g/mol. The first kappa shape index (κ1) is 13.4. The van der Waals surface area contributed by atoms with Crippen LogP contribution in [0.25, 0.3) is 0 Å². The third-order valence-corrected chi connectivity index (χ3v) is 4.33. The van der Waals surface area contributed by atoms with E-state index < -0.39 is 0 Å². The molecule has 0 bridgehead atoms. The molecule has 2 rings (SSSR count). The average Bonchev–Trinajstić information content (AvgIpc) is 2.42. The number of anilines is 1. The van der Waals surface area contributed by atoms with Crippen molar-refractivity contribution >= 4 is 5.69 Å². The van der Waals surface area contributed by atoms with Crippen LogP contribution in [-0.2, 0) is 0 Å². The number of nitrogens with one attached hydrogen (secondary N) is 1. The van der Waals surface area contributed by atoms with Crippen LogP contribution in [0.5, 0.6) is 0 Å². The summed E-state index contributed by atoms with van der Waals surface area (Å²) in [5.41, 5.74) is 3.84. The molecule has 1 atom stereocenters. The summed E-state index contributed by atoms with van der Waals surface area (Å²) in [6.45, 7) is 6.49. The van der Waals surface area contributed by atoms with Gasteiger partial charge in [0.25, 0.3) is 0 Å². The monoisotopic (exact) mass is 248 g/mol. The lowest BCUT2D eigenvalue weighted by atomic mass is 9.89. The van der Waals surface area contributed by atoms with Gasteiger partial charge in [-0.05, 0) is 50.9 Å². The van der Waals surface area contributed by atoms with Gasteiger partial charge in [0.05, 0.1) is 12.1 Å². The van der Waals surface area contributed by atoms with E-state index in [1.807, 2.05) is 7.05 Å². The molecule has 1 aromatic carbocycles. The second kappa shape index (κ2) is 5.29. The van der Waals surface area contributed by atoms with E-state index >= 15 is 0 Å². The molecule has 1 saturated heterocycles. The number of aliphatic hydroxyl groups is 1. The third-order valence-electron chi connectivity index (χ3n) is 4.33. The predicted molar refractivity (Wildman–Crippen MR) is 76.2 cm³/mol. The molecule has 0 aromatic heterocycles. The van der Waals surface area contributed by atoms with Crippen molar-refractivity contribution in [3.8, 4) is 0 Å². The van der Waals surface area contributed by atoms with E-state index in [0.29, 0.717) is 0 Å². The minimum atomic E-state index is -0.144. The van der Waals surface area contributed by atoms with Crippen molar-refractivity contribution in [2.75, 3.05) is 31.6 Å². The standard InChI is InChI=1S/C15H24N2O/c1-12-6-4-7-14(13(12)2)17-9-5-8-15(10-17,11-18)16-3/h4,6-7,16,18H,5,8-11H2,1-3H3. The van der Waals surface area contributed by atoms with Crippen LogP contribution in [0, 0.1) is 13.8 Å². The van der Waals surface area contributed by atoms with Gasteiger partial charge in [0.1, 0.15) is 0 Å². The number of aryl methyl sites for hydroxylation is 1. The minimum Gasteiger partial charge on any atom is -0.394 e. The van der Waals surface area contributed by atoms with Crippen LogP contribution in [0.2, 0.25) is 0 Å². The Balaban J connectivity index is 2.26. The van der Waals surface area contributed by atoms with Crippen molar-refractivity contribution < 1.29 is 5.11 Å². The Morgan fingerprint density at radius 3 is 2.83 bits per heavy atom. The van der Waals surface area contributed by atoms with Crippen LogP contribution in [-0.4, -0.2) is 37.4 Å². The SMILES string of the molecule is CNC1(CO)CCCN(c2cccc(C)c2C)C1. The molecule has 0 amide bonds. The first-order valence-corrected chi connectivity index (χ1v) is 6.73. The molecule has 0 aliphatic carbocycles. The van der Waals surface area contributed by atoms with Crippen LogP contribution in [0.4, 0.5) is 5.69 Å². The summed E-state index contributed by atoms with van der Waals surface area (Å²) in [5.74, 6) is 0. The lowest BCUT2D eigenvalue weighted by molar-refractivity contribution is 0.149. The number of aliphatic hydroxyl groups excluding tert-OH is 1. The molecule has 1 aliphatic rings.